The first-order valence-corrected chi connectivity index (χ1v) is 5.43. The van der Waals surface area contributed by atoms with Gasteiger partial charge in [-0.15, -0.1) is 0 Å². The van der Waals surface area contributed by atoms with Gasteiger partial charge in [-0.3, -0.25) is 0 Å². The standard InChI is InChI=1S/C11H11FN4O/c1-16-11(13-14-15-16)17-10-5-4-8(12)6-9(10)7-2-3-7/h4-7H,2-3H2,1H3. The fourth-order valence-corrected chi connectivity index (χ4v) is 1.73. The van der Waals surface area contributed by atoms with Crippen molar-refractivity contribution in [2.75, 3.05) is 0 Å². The average Bonchev–Trinajstić information content (AvgIpc) is 3.07. The normalized spacial score (nSPS) is 14.9. The summed E-state index contributed by atoms with van der Waals surface area (Å²) in [5, 5.41) is 10.9. The molecule has 0 bridgehead atoms. The van der Waals surface area contributed by atoms with Crippen LogP contribution in [-0.2, 0) is 7.05 Å². The average molecular weight is 234 g/mol. The molecule has 1 aliphatic rings. The Morgan fingerprint density at radius 1 is 1.41 bits per heavy atom. The van der Waals surface area contributed by atoms with Crippen LogP contribution in [0.3, 0.4) is 0 Å². The molecule has 0 atom stereocenters. The number of halogens is 1. The van der Waals surface area contributed by atoms with E-state index in [1.165, 1.54) is 16.8 Å². The zero-order valence-corrected chi connectivity index (χ0v) is 9.30. The van der Waals surface area contributed by atoms with E-state index in [4.69, 9.17) is 4.74 Å². The highest BCUT2D eigenvalue weighted by Gasteiger charge is 2.27. The molecule has 17 heavy (non-hydrogen) atoms. The molecule has 0 N–H and O–H groups in total. The molecule has 1 aromatic heterocycles. The third-order valence-electron chi connectivity index (χ3n) is 2.77. The highest BCUT2D eigenvalue weighted by atomic mass is 19.1. The van der Waals surface area contributed by atoms with Gasteiger partial charge in [0, 0.05) is 12.6 Å². The second-order valence-electron chi connectivity index (χ2n) is 4.14. The van der Waals surface area contributed by atoms with Crippen molar-refractivity contribution in [3.05, 3.63) is 29.6 Å². The molecule has 0 unspecified atom stereocenters. The number of ether oxygens (including phenoxy) is 1. The Morgan fingerprint density at radius 3 is 2.88 bits per heavy atom. The van der Waals surface area contributed by atoms with E-state index in [1.807, 2.05) is 0 Å². The number of aryl methyl sites for hydroxylation is 1. The van der Waals surface area contributed by atoms with Crippen LogP contribution in [-0.4, -0.2) is 20.2 Å². The molecule has 0 amide bonds. The minimum atomic E-state index is -0.240. The summed E-state index contributed by atoms with van der Waals surface area (Å²) in [5.41, 5.74) is 0.896. The number of hydrogen-bond donors (Lipinski definition) is 0. The van der Waals surface area contributed by atoms with Gasteiger partial charge >= 0.3 is 6.01 Å². The lowest BCUT2D eigenvalue weighted by Crippen LogP contribution is -1.98. The molecule has 1 saturated carbocycles. The topological polar surface area (TPSA) is 52.8 Å². The lowest BCUT2D eigenvalue weighted by Gasteiger charge is -2.08. The maximum absolute atomic E-state index is 13.2. The number of tetrazole rings is 1. The van der Waals surface area contributed by atoms with Crippen LogP contribution in [0.5, 0.6) is 11.8 Å². The van der Waals surface area contributed by atoms with Gasteiger partial charge in [0.25, 0.3) is 0 Å². The SMILES string of the molecule is Cn1nnnc1Oc1ccc(F)cc1C1CC1. The third kappa shape index (κ3) is 1.98. The van der Waals surface area contributed by atoms with Gasteiger partial charge in [-0.2, -0.15) is 4.68 Å². The lowest BCUT2D eigenvalue weighted by molar-refractivity contribution is 0.409. The quantitative estimate of drug-likeness (QED) is 0.815. The number of benzene rings is 1. The smallest absolute Gasteiger partial charge is 0.340 e. The van der Waals surface area contributed by atoms with E-state index in [1.54, 1.807) is 13.1 Å². The van der Waals surface area contributed by atoms with Gasteiger partial charge in [0.05, 0.1) is 0 Å². The predicted octanol–water partition coefficient (Wildman–Crippen LogP) is 2.02. The summed E-state index contributed by atoms with van der Waals surface area (Å²) in [7, 11) is 1.69. The lowest BCUT2D eigenvalue weighted by atomic mass is 10.1. The van der Waals surface area contributed by atoms with Gasteiger partial charge in [-0.1, -0.05) is 5.10 Å². The van der Waals surface area contributed by atoms with Crippen LogP contribution in [0.15, 0.2) is 18.2 Å². The van der Waals surface area contributed by atoms with Gasteiger partial charge < -0.3 is 4.74 Å². The number of nitrogens with zero attached hydrogens (tertiary/aromatic N) is 4. The molecule has 2 aromatic rings. The van der Waals surface area contributed by atoms with E-state index in [9.17, 15) is 4.39 Å². The Kier molecular flexibility index (Phi) is 2.28. The highest BCUT2D eigenvalue weighted by Crippen LogP contribution is 2.45. The molecule has 88 valence electrons. The molecule has 0 spiro atoms. The van der Waals surface area contributed by atoms with E-state index < -0.39 is 0 Å². The Morgan fingerprint density at radius 2 is 2.24 bits per heavy atom. The first-order chi connectivity index (χ1) is 8.24. The van der Waals surface area contributed by atoms with Gasteiger partial charge in [-0.05, 0) is 47.4 Å². The molecule has 1 fully saturated rings. The van der Waals surface area contributed by atoms with E-state index in [0.717, 1.165) is 18.4 Å². The molecular formula is C11H11FN4O. The second-order valence-corrected chi connectivity index (χ2v) is 4.14. The van der Waals surface area contributed by atoms with Crippen molar-refractivity contribution in [1.29, 1.82) is 0 Å². The van der Waals surface area contributed by atoms with Gasteiger partial charge in [0.15, 0.2) is 0 Å². The Hall–Kier alpha value is -1.98. The largest absolute Gasteiger partial charge is 0.423 e. The molecule has 0 radical (unpaired) electrons. The maximum atomic E-state index is 13.2. The minimum absolute atomic E-state index is 0.240. The minimum Gasteiger partial charge on any atom is -0.423 e. The fourth-order valence-electron chi connectivity index (χ4n) is 1.73. The van der Waals surface area contributed by atoms with E-state index in [2.05, 4.69) is 15.5 Å². The van der Waals surface area contributed by atoms with Crippen molar-refractivity contribution in [2.45, 2.75) is 18.8 Å². The van der Waals surface area contributed by atoms with Crippen LogP contribution in [0.2, 0.25) is 0 Å². The molecule has 0 aliphatic heterocycles. The first-order valence-electron chi connectivity index (χ1n) is 5.43. The summed E-state index contributed by atoms with van der Waals surface area (Å²) in [6.45, 7) is 0. The first kappa shape index (κ1) is 10.2. The Balaban J connectivity index is 1.94. The third-order valence-corrected chi connectivity index (χ3v) is 2.77. The zero-order chi connectivity index (χ0) is 11.8. The van der Waals surface area contributed by atoms with Crippen LogP contribution in [0, 0.1) is 5.82 Å². The number of rotatable bonds is 3. The van der Waals surface area contributed by atoms with E-state index >= 15 is 0 Å². The van der Waals surface area contributed by atoms with E-state index in [0.29, 0.717) is 17.7 Å². The molecule has 1 heterocycles. The van der Waals surface area contributed by atoms with Crippen molar-refractivity contribution in [1.82, 2.24) is 20.2 Å². The summed E-state index contributed by atoms with van der Waals surface area (Å²) >= 11 is 0. The van der Waals surface area contributed by atoms with Crippen LogP contribution >= 0.6 is 0 Å². The molecule has 1 aliphatic carbocycles. The van der Waals surface area contributed by atoms with Gasteiger partial charge in [-0.25, -0.2) is 4.39 Å². The van der Waals surface area contributed by atoms with Crippen LogP contribution < -0.4 is 4.74 Å². The van der Waals surface area contributed by atoms with Gasteiger partial charge in [0.2, 0.25) is 0 Å². The van der Waals surface area contributed by atoms with Crippen molar-refractivity contribution < 1.29 is 9.13 Å². The van der Waals surface area contributed by atoms with Crippen LogP contribution in [0.4, 0.5) is 4.39 Å². The van der Waals surface area contributed by atoms with Crippen molar-refractivity contribution in [3.63, 3.8) is 0 Å². The van der Waals surface area contributed by atoms with Crippen molar-refractivity contribution in [2.24, 2.45) is 7.05 Å². The molecule has 6 heteroatoms. The Bertz CT molecular complexity index is 550. The fraction of sp³-hybridized carbons (Fsp3) is 0.364. The predicted molar refractivity (Wildman–Crippen MR) is 57.2 cm³/mol. The number of hydrogen-bond acceptors (Lipinski definition) is 4. The molecule has 1 aromatic carbocycles. The molecule has 3 rings (SSSR count). The van der Waals surface area contributed by atoms with Gasteiger partial charge in [0.1, 0.15) is 11.6 Å². The highest BCUT2D eigenvalue weighted by molar-refractivity contribution is 5.40. The van der Waals surface area contributed by atoms with Crippen LogP contribution in [0.25, 0.3) is 0 Å². The molecule has 5 nitrogen and oxygen atoms in total. The number of aromatic nitrogens is 4. The zero-order valence-electron chi connectivity index (χ0n) is 9.30. The molecule has 0 saturated heterocycles. The monoisotopic (exact) mass is 234 g/mol. The molecular weight excluding hydrogens is 223 g/mol. The van der Waals surface area contributed by atoms with E-state index in [-0.39, 0.29) is 5.82 Å². The summed E-state index contributed by atoms with van der Waals surface area (Å²) in [6, 6.07) is 4.83. The summed E-state index contributed by atoms with van der Waals surface area (Å²) in [4.78, 5) is 0. The Labute approximate surface area is 97.2 Å². The van der Waals surface area contributed by atoms with Crippen molar-refractivity contribution >= 4 is 0 Å². The maximum Gasteiger partial charge on any atom is 0.340 e. The van der Waals surface area contributed by atoms with Crippen LogP contribution in [0.1, 0.15) is 24.3 Å². The summed E-state index contributed by atoms with van der Waals surface area (Å²) < 4.78 is 20.2. The summed E-state index contributed by atoms with van der Waals surface area (Å²) in [6.07, 6.45) is 2.16. The van der Waals surface area contributed by atoms with Crippen molar-refractivity contribution in [3.8, 4) is 11.8 Å². The summed E-state index contributed by atoms with van der Waals surface area (Å²) in [5.74, 6) is 0.795. The second kappa shape index (κ2) is 3.80.